The number of benzene rings is 1. The zero-order valence-corrected chi connectivity index (χ0v) is 18.1. The predicted octanol–water partition coefficient (Wildman–Crippen LogP) is 0.479. The molecule has 0 aliphatic carbocycles. The van der Waals surface area contributed by atoms with Gasteiger partial charge in [0.05, 0.1) is 19.8 Å². The predicted molar refractivity (Wildman–Crippen MR) is 116 cm³/mol. The second kappa shape index (κ2) is 9.27. The molecular weight excluding hydrogens is 416 g/mol. The summed E-state index contributed by atoms with van der Waals surface area (Å²) in [6.45, 7) is 4.51. The molecule has 1 amide bonds. The zero-order chi connectivity index (χ0) is 22.8. The molecule has 1 atom stereocenters. The highest BCUT2D eigenvalue weighted by atomic mass is 16.5. The summed E-state index contributed by atoms with van der Waals surface area (Å²) in [6.07, 6.45) is 0. The van der Waals surface area contributed by atoms with Crippen LogP contribution in [0.25, 0.3) is 10.9 Å². The molecule has 0 bridgehead atoms. The van der Waals surface area contributed by atoms with E-state index in [1.165, 1.54) is 0 Å². The van der Waals surface area contributed by atoms with Crippen LogP contribution in [0.3, 0.4) is 0 Å². The Hall–Kier alpha value is -2.95. The summed E-state index contributed by atoms with van der Waals surface area (Å²) in [5.74, 6) is -2.18. The van der Waals surface area contributed by atoms with Crippen molar-refractivity contribution in [2.24, 2.45) is 7.05 Å². The molecule has 2 aromatic rings. The van der Waals surface area contributed by atoms with Gasteiger partial charge in [0.2, 0.25) is 5.91 Å². The number of amides is 1. The molecule has 0 radical (unpaired) electrons. The number of rotatable bonds is 6. The fraction of sp³-hybridized carbons (Fsp3) is 0.500. The summed E-state index contributed by atoms with van der Waals surface area (Å²) in [5, 5.41) is 20.6. The van der Waals surface area contributed by atoms with E-state index in [0.717, 1.165) is 0 Å². The van der Waals surface area contributed by atoms with E-state index in [9.17, 15) is 24.6 Å². The molecule has 2 fully saturated rings. The van der Waals surface area contributed by atoms with Gasteiger partial charge in [0.25, 0.3) is 0 Å². The second-order valence-electron chi connectivity index (χ2n) is 8.19. The van der Waals surface area contributed by atoms with Crippen molar-refractivity contribution in [3.8, 4) is 0 Å². The standard InChI is InChI=1S/C22H28N4O6/c1-23-16-5-3-2-4-15(16)18(19(23)21(28)29)20(22(30)31)26-8-6-24(7-9-26)14-17(27)25-10-12-32-13-11-25/h2-5,20H,6-14H2,1H3,(H,28,29)(H,30,31)/t20-/m0/s1. The number of carbonyl (C=O) groups excluding carboxylic acids is 1. The summed E-state index contributed by atoms with van der Waals surface area (Å²) in [7, 11) is 1.64. The summed E-state index contributed by atoms with van der Waals surface area (Å²) in [5.41, 5.74) is 0.977. The molecule has 0 unspecified atom stereocenters. The number of morpholine rings is 1. The molecule has 10 nitrogen and oxygen atoms in total. The number of aromatic nitrogens is 1. The quantitative estimate of drug-likeness (QED) is 0.661. The lowest BCUT2D eigenvalue weighted by Crippen LogP contribution is -2.53. The van der Waals surface area contributed by atoms with Crippen LogP contribution in [0.5, 0.6) is 0 Å². The highest BCUT2D eigenvalue weighted by Gasteiger charge is 2.37. The molecule has 2 saturated heterocycles. The fourth-order valence-corrected chi connectivity index (χ4v) is 4.70. The molecule has 2 N–H and O–H groups in total. The van der Waals surface area contributed by atoms with Crippen molar-refractivity contribution in [1.82, 2.24) is 19.3 Å². The van der Waals surface area contributed by atoms with Gasteiger partial charge < -0.3 is 24.4 Å². The molecular formula is C22H28N4O6. The first-order valence-corrected chi connectivity index (χ1v) is 10.7. The Labute approximate surface area is 185 Å². The third-order valence-electron chi connectivity index (χ3n) is 6.35. The van der Waals surface area contributed by atoms with Crippen LogP contribution >= 0.6 is 0 Å². The number of hydrogen-bond donors (Lipinski definition) is 2. The van der Waals surface area contributed by atoms with Crippen LogP contribution in [0, 0.1) is 0 Å². The third kappa shape index (κ3) is 4.21. The van der Waals surface area contributed by atoms with Gasteiger partial charge in [0.15, 0.2) is 0 Å². The molecule has 32 heavy (non-hydrogen) atoms. The SMILES string of the molecule is Cn1c(C(=O)O)c([C@@H](C(=O)O)N2CCN(CC(=O)N3CCOCC3)CC2)c2ccccc21. The van der Waals surface area contributed by atoms with Crippen molar-refractivity contribution in [2.75, 3.05) is 59.0 Å². The number of nitrogens with zero attached hydrogens (tertiary/aromatic N) is 4. The van der Waals surface area contributed by atoms with Gasteiger partial charge in [-0.15, -0.1) is 0 Å². The van der Waals surface area contributed by atoms with Gasteiger partial charge in [-0.2, -0.15) is 0 Å². The average molecular weight is 444 g/mol. The Bertz CT molecular complexity index is 1020. The van der Waals surface area contributed by atoms with E-state index in [-0.39, 0.29) is 11.6 Å². The first-order valence-electron chi connectivity index (χ1n) is 10.7. The monoisotopic (exact) mass is 444 g/mol. The summed E-state index contributed by atoms with van der Waals surface area (Å²) in [6, 6.07) is 6.07. The van der Waals surface area contributed by atoms with Crippen LogP contribution in [-0.4, -0.2) is 106 Å². The number of ether oxygens (including phenoxy) is 1. The molecule has 4 rings (SSSR count). The van der Waals surface area contributed by atoms with E-state index in [2.05, 4.69) is 0 Å². The van der Waals surface area contributed by atoms with Gasteiger partial charge in [0.1, 0.15) is 11.7 Å². The molecule has 10 heteroatoms. The highest BCUT2D eigenvalue weighted by molar-refractivity contribution is 6.01. The number of hydrogen-bond acceptors (Lipinski definition) is 6. The molecule has 2 aliphatic heterocycles. The minimum Gasteiger partial charge on any atom is -0.480 e. The number of carboxylic acid groups (broad SMARTS) is 2. The topological polar surface area (TPSA) is 116 Å². The molecule has 3 heterocycles. The van der Waals surface area contributed by atoms with Crippen LogP contribution < -0.4 is 0 Å². The lowest BCUT2D eigenvalue weighted by molar-refractivity contribution is -0.145. The van der Waals surface area contributed by atoms with Gasteiger partial charge in [0, 0.05) is 62.8 Å². The molecule has 2 aliphatic rings. The minimum absolute atomic E-state index is 0.0106. The summed E-state index contributed by atoms with van der Waals surface area (Å²) >= 11 is 0. The maximum Gasteiger partial charge on any atom is 0.352 e. The maximum absolute atomic E-state index is 12.5. The molecule has 1 aromatic heterocycles. The zero-order valence-electron chi connectivity index (χ0n) is 18.1. The van der Waals surface area contributed by atoms with E-state index >= 15 is 0 Å². The summed E-state index contributed by atoms with van der Waals surface area (Å²) < 4.78 is 6.83. The molecule has 0 spiro atoms. The van der Waals surface area contributed by atoms with Gasteiger partial charge >= 0.3 is 11.9 Å². The van der Waals surface area contributed by atoms with Gasteiger partial charge in [-0.05, 0) is 6.07 Å². The molecule has 172 valence electrons. The Kier molecular flexibility index (Phi) is 6.45. The van der Waals surface area contributed by atoms with Crippen molar-refractivity contribution in [3.05, 3.63) is 35.5 Å². The van der Waals surface area contributed by atoms with Gasteiger partial charge in [-0.25, -0.2) is 4.79 Å². The molecule has 1 aromatic carbocycles. The Morgan fingerprint density at radius 1 is 1.00 bits per heavy atom. The normalized spacial score (nSPS) is 19.2. The smallest absolute Gasteiger partial charge is 0.352 e. The first kappa shape index (κ1) is 22.3. The number of para-hydroxylation sites is 1. The maximum atomic E-state index is 12.5. The second-order valence-corrected chi connectivity index (χ2v) is 8.19. The Balaban J connectivity index is 1.53. The number of fused-ring (bicyclic) bond motifs is 1. The highest BCUT2D eigenvalue weighted by Crippen LogP contribution is 2.34. The van der Waals surface area contributed by atoms with Crippen LogP contribution in [0.1, 0.15) is 22.1 Å². The van der Waals surface area contributed by atoms with Crippen molar-refractivity contribution in [1.29, 1.82) is 0 Å². The van der Waals surface area contributed by atoms with Crippen molar-refractivity contribution in [3.63, 3.8) is 0 Å². The largest absolute Gasteiger partial charge is 0.480 e. The Morgan fingerprint density at radius 3 is 2.28 bits per heavy atom. The lowest BCUT2D eigenvalue weighted by Gasteiger charge is -2.38. The Morgan fingerprint density at radius 2 is 1.66 bits per heavy atom. The third-order valence-corrected chi connectivity index (χ3v) is 6.35. The average Bonchev–Trinajstić information content (AvgIpc) is 3.08. The van der Waals surface area contributed by atoms with Crippen LogP contribution in [0.15, 0.2) is 24.3 Å². The number of carbonyl (C=O) groups is 3. The number of aromatic carboxylic acids is 1. The fourth-order valence-electron chi connectivity index (χ4n) is 4.70. The first-order chi connectivity index (χ1) is 15.4. The van der Waals surface area contributed by atoms with E-state index < -0.39 is 18.0 Å². The van der Waals surface area contributed by atoms with E-state index in [1.54, 1.807) is 45.7 Å². The van der Waals surface area contributed by atoms with Crippen molar-refractivity contribution < 1.29 is 29.3 Å². The van der Waals surface area contributed by atoms with Crippen molar-refractivity contribution in [2.45, 2.75) is 6.04 Å². The van der Waals surface area contributed by atoms with Crippen LogP contribution in [0.2, 0.25) is 0 Å². The van der Waals surface area contributed by atoms with Crippen LogP contribution in [-0.2, 0) is 21.4 Å². The van der Waals surface area contributed by atoms with Crippen LogP contribution in [0.4, 0.5) is 0 Å². The summed E-state index contributed by atoms with van der Waals surface area (Å²) in [4.78, 5) is 42.6. The van der Waals surface area contributed by atoms with Gasteiger partial charge in [-0.1, -0.05) is 18.2 Å². The number of aliphatic carboxylic acids is 1. The number of carboxylic acids is 2. The molecule has 0 saturated carbocycles. The lowest BCUT2D eigenvalue weighted by atomic mass is 10.00. The van der Waals surface area contributed by atoms with Crippen molar-refractivity contribution >= 4 is 28.7 Å². The van der Waals surface area contributed by atoms with Gasteiger partial charge in [-0.3, -0.25) is 19.4 Å². The van der Waals surface area contributed by atoms with E-state index in [0.29, 0.717) is 75.5 Å². The van der Waals surface area contributed by atoms with E-state index in [4.69, 9.17) is 4.74 Å². The van der Waals surface area contributed by atoms with E-state index in [1.807, 2.05) is 4.90 Å². The number of piperazine rings is 1. The number of aryl methyl sites for hydroxylation is 1. The minimum atomic E-state index is -1.15.